The van der Waals surface area contributed by atoms with Crippen LogP contribution in [0, 0.1) is 6.92 Å². The van der Waals surface area contributed by atoms with Crippen molar-refractivity contribution in [2.45, 2.75) is 19.8 Å². The SMILES string of the molecule is Cc1c2c(nc3c1oc1ccccc13)CCc1ccccc1-2. The van der Waals surface area contributed by atoms with Crippen molar-refractivity contribution in [3.8, 4) is 11.1 Å². The number of nitrogens with zero attached hydrogens (tertiary/aromatic N) is 1. The van der Waals surface area contributed by atoms with Crippen LogP contribution in [-0.4, -0.2) is 4.98 Å². The van der Waals surface area contributed by atoms with Gasteiger partial charge in [-0.3, -0.25) is 0 Å². The summed E-state index contributed by atoms with van der Waals surface area (Å²) >= 11 is 0. The predicted molar refractivity (Wildman–Crippen MR) is 89.1 cm³/mol. The Morgan fingerprint density at radius 1 is 0.955 bits per heavy atom. The van der Waals surface area contributed by atoms with Crippen molar-refractivity contribution in [1.29, 1.82) is 0 Å². The lowest BCUT2D eigenvalue weighted by molar-refractivity contribution is 0.664. The van der Waals surface area contributed by atoms with Crippen LogP contribution in [0.2, 0.25) is 0 Å². The zero-order chi connectivity index (χ0) is 14.7. The summed E-state index contributed by atoms with van der Waals surface area (Å²) in [7, 11) is 0. The second kappa shape index (κ2) is 4.20. The van der Waals surface area contributed by atoms with Crippen LogP contribution < -0.4 is 0 Å². The molecule has 0 aliphatic heterocycles. The molecule has 2 heterocycles. The molecule has 2 aromatic carbocycles. The molecule has 1 aliphatic rings. The summed E-state index contributed by atoms with van der Waals surface area (Å²) in [5.41, 5.74) is 9.27. The van der Waals surface area contributed by atoms with Gasteiger partial charge >= 0.3 is 0 Å². The lowest BCUT2D eigenvalue weighted by Gasteiger charge is -2.20. The van der Waals surface area contributed by atoms with E-state index >= 15 is 0 Å². The first-order valence-electron chi connectivity index (χ1n) is 7.72. The highest BCUT2D eigenvalue weighted by Crippen LogP contribution is 2.40. The highest BCUT2D eigenvalue weighted by Gasteiger charge is 2.23. The molecule has 0 unspecified atom stereocenters. The number of hydrogen-bond donors (Lipinski definition) is 0. The first-order valence-corrected chi connectivity index (χ1v) is 7.72. The molecule has 0 radical (unpaired) electrons. The van der Waals surface area contributed by atoms with Gasteiger partial charge in [-0.05, 0) is 43.0 Å². The molecule has 0 fully saturated rings. The monoisotopic (exact) mass is 285 g/mol. The summed E-state index contributed by atoms with van der Waals surface area (Å²) < 4.78 is 6.10. The van der Waals surface area contributed by atoms with E-state index in [9.17, 15) is 0 Å². The van der Waals surface area contributed by atoms with Gasteiger partial charge in [-0.1, -0.05) is 36.4 Å². The third-order valence-corrected chi connectivity index (χ3v) is 4.74. The molecule has 0 atom stereocenters. The number of hydrogen-bond acceptors (Lipinski definition) is 2. The van der Waals surface area contributed by atoms with Crippen LogP contribution in [0.4, 0.5) is 0 Å². The molecule has 1 aliphatic carbocycles. The third-order valence-electron chi connectivity index (χ3n) is 4.74. The van der Waals surface area contributed by atoms with E-state index in [1.807, 2.05) is 18.2 Å². The number of para-hydroxylation sites is 1. The molecule has 0 spiro atoms. The van der Waals surface area contributed by atoms with E-state index in [0.29, 0.717) is 0 Å². The molecule has 2 aromatic heterocycles. The Kier molecular flexibility index (Phi) is 2.29. The van der Waals surface area contributed by atoms with Gasteiger partial charge in [0, 0.05) is 22.2 Å². The fourth-order valence-electron chi connectivity index (χ4n) is 3.69. The number of benzene rings is 2. The number of pyridine rings is 1. The largest absolute Gasteiger partial charge is 0.454 e. The molecule has 0 N–H and O–H groups in total. The Balaban J connectivity index is 1.94. The van der Waals surface area contributed by atoms with Gasteiger partial charge in [0.15, 0.2) is 5.58 Å². The molecule has 106 valence electrons. The molecule has 22 heavy (non-hydrogen) atoms. The summed E-state index contributed by atoms with van der Waals surface area (Å²) in [6.45, 7) is 2.16. The fourth-order valence-corrected chi connectivity index (χ4v) is 3.69. The van der Waals surface area contributed by atoms with Crippen LogP contribution in [-0.2, 0) is 12.8 Å². The molecule has 2 nitrogen and oxygen atoms in total. The molecule has 0 amide bonds. The number of fused-ring (bicyclic) bond motifs is 6. The predicted octanol–water partition coefficient (Wildman–Crippen LogP) is 5.06. The van der Waals surface area contributed by atoms with Gasteiger partial charge in [-0.2, -0.15) is 0 Å². The zero-order valence-electron chi connectivity index (χ0n) is 12.4. The van der Waals surface area contributed by atoms with E-state index in [-0.39, 0.29) is 0 Å². The topological polar surface area (TPSA) is 26.0 Å². The van der Waals surface area contributed by atoms with Crippen molar-refractivity contribution in [3.63, 3.8) is 0 Å². The summed E-state index contributed by atoms with van der Waals surface area (Å²) in [6.07, 6.45) is 2.07. The van der Waals surface area contributed by atoms with Crippen LogP contribution in [0.15, 0.2) is 52.9 Å². The van der Waals surface area contributed by atoms with E-state index in [1.54, 1.807) is 0 Å². The van der Waals surface area contributed by atoms with Crippen LogP contribution in [0.1, 0.15) is 16.8 Å². The Labute approximate surface area is 128 Å². The first kappa shape index (κ1) is 12.0. The van der Waals surface area contributed by atoms with Crippen molar-refractivity contribution in [2.75, 3.05) is 0 Å². The maximum atomic E-state index is 6.10. The molecule has 0 saturated carbocycles. The molecule has 0 bridgehead atoms. The van der Waals surface area contributed by atoms with Gasteiger partial charge in [-0.25, -0.2) is 4.98 Å². The van der Waals surface area contributed by atoms with E-state index in [0.717, 1.165) is 34.9 Å². The second-order valence-electron chi connectivity index (χ2n) is 5.99. The number of rotatable bonds is 0. The van der Waals surface area contributed by atoms with Crippen LogP contribution >= 0.6 is 0 Å². The normalized spacial score (nSPS) is 13.3. The number of furan rings is 1. The van der Waals surface area contributed by atoms with Crippen LogP contribution in [0.3, 0.4) is 0 Å². The molecule has 4 aromatic rings. The first-order chi connectivity index (χ1) is 10.8. The average Bonchev–Trinajstić information content (AvgIpc) is 2.94. The minimum absolute atomic E-state index is 0.920. The highest BCUT2D eigenvalue weighted by molar-refractivity contribution is 6.05. The van der Waals surface area contributed by atoms with Gasteiger partial charge in [0.05, 0.1) is 0 Å². The quantitative estimate of drug-likeness (QED) is 0.451. The standard InChI is InChI=1S/C20H15NO/c1-12-18-14-7-3-2-6-13(14)10-11-16(18)21-19-15-8-4-5-9-17(15)22-20(12)19/h2-9H,10-11H2,1H3. The fraction of sp³-hybridized carbons (Fsp3) is 0.150. The Bertz CT molecular complexity index is 1040. The smallest absolute Gasteiger partial charge is 0.157 e. The summed E-state index contributed by atoms with van der Waals surface area (Å²) in [5, 5.41) is 1.11. The number of aromatic nitrogens is 1. The Morgan fingerprint density at radius 2 is 1.77 bits per heavy atom. The molecular formula is C20H15NO. The summed E-state index contributed by atoms with van der Waals surface area (Å²) in [4.78, 5) is 4.97. The molecule has 0 saturated heterocycles. The minimum Gasteiger partial charge on any atom is -0.454 e. The summed E-state index contributed by atoms with van der Waals surface area (Å²) in [5.74, 6) is 0. The average molecular weight is 285 g/mol. The van der Waals surface area contributed by atoms with Crippen molar-refractivity contribution >= 4 is 22.1 Å². The van der Waals surface area contributed by atoms with Gasteiger partial charge in [0.25, 0.3) is 0 Å². The van der Waals surface area contributed by atoms with E-state index < -0.39 is 0 Å². The van der Waals surface area contributed by atoms with Gasteiger partial charge < -0.3 is 4.42 Å². The van der Waals surface area contributed by atoms with E-state index in [1.165, 1.54) is 27.9 Å². The van der Waals surface area contributed by atoms with Crippen molar-refractivity contribution in [3.05, 3.63) is 65.4 Å². The second-order valence-corrected chi connectivity index (χ2v) is 5.99. The van der Waals surface area contributed by atoms with Crippen molar-refractivity contribution < 1.29 is 4.42 Å². The Morgan fingerprint density at radius 3 is 2.73 bits per heavy atom. The summed E-state index contributed by atoms with van der Waals surface area (Å²) in [6, 6.07) is 16.8. The highest BCUT2D eigenvalue weighted by atomic mass is 16.3. The molecule has 5 rings (SSSR count). The lowest BCUT2D eigenvalue weighted by atomic mass is 9.86. The Hall–Kier alpha value is -2.61. The zero-order valence-corrected chi connectivity index (χ0v) is 12.4. The van der Waals surface area contributed by atoms with E-state index in [2.05, 4.69) is 37.3 Å². The van der Waals surface area contributed by atoms with Gasteiger partial charge in [0.2, 0.25) is 0 Å². The minimum atomic E-state index is 0.920. The maximum absolute atomic E-state index is 6.10. The van der Waals surface area contributed by atoms with Gasteiger partial charge in [0.1, 0.15) is 11.1 Å². The molecular weight excluding hydrogens is 270 g/mol. The molecule has 2 heteroatoms. The van der Waals surface area contributed by atoms with Crippen LogP contribution in [0.5, 0.6) is 0 Å². The third kappa shape index (κ3) is 1.47. The van der Waals surface area contributed by atoms with E-state index in [4.69, 9.17) is 9.40 Å². The van der Waals surface area contributed by atoms with Gasteiger partial charge in [-0.15, -0.1) is 0 Å². The lowest BCUT2D eigenvalue weighted by Crippen LogP contribution is -2.07. The van der Waals surface area contributed by atoms with Crippen molar-refractivity contribution in [1.82, 2.24) is 4.98 Å². The number of aryl methyl sites for hydroxylation is 3. The maximum Gasteiger partial charge on any atom is 0.157 e. The van der Waals surface area contributed by atoms with Crippen LogP contribution in [0.25, 0.3) is 33.2 Å². The van der Waals surface area contributed by atoms with Crippen molar-refractivity contribution in [2.24, 2.45) is 0 Å².